The second kappa shape index (κ2) is 12.3. The molecule has 0 fully saturated rings. The molecule has 3 nitrogen and oxygen atoms in total. The maximum atomic E-state index is 4.76. The van der Waals surface area contributed by atoms with E-state index in [4.69, 9.17) is 4.52 Å². The van der Waals surface area contributed by atoms with Gasteiger partial charge in [0, 0.05) is 88.0 Å². The van der Waals surface area contributed by atoms with Crippen LogP contribution in [0.15, 0.2) is 29.2 Å². The summed E-state index contributed by atoms with van der Waals surface area (Å²) in [5.41, 5.74) is 0.901. The van der Waals surface area contributed by atoms with Crippen LogP contribution in [0.1, 0.15) is 0 Å². The normalized spacial score (nSPS) is 6.56. The Labute approximate surface area is 137 Å². The van der Waals surface area contributed by atoms with Gasteiger partial charge < -0.3 is 26.7 Å². The van der Waals surface area contributed by atoms with Crippen molar-refractivity contribution in [3.63, 3.8) is 0 Å². The smallest absolute Gasteiger partial charge is 0.00521 e. The monoisotopic (exact) mass is 1420 g/mol. The molecule has 0 unspecified atom stereocenters. The van der Waals surface area contributed by atoms with Crippen LogP contribution >= 0.6 is 0 Å². The molecule has 2 heterocycles. The summed E-state index contributed by atoms with van der Waals surface area (Å²) in [6, 6.07) is 1.92. The van der Waals surface area contributed by atoms with E-state index in [-0.39, 0.29) is 81.7 Å². The molecule has 16 heavy (non-hydrogen) atoms. The number of aryl methyl sites for hydroxylation is 1. The van der Waals surface area contributed by atoms with Gasteiger partial charge in [0.15, 0.2) is 0 Å². The molecule has 0 bridgehead atoms. The first-order chi connectivity index (χ1) is 4.86. The predicted molar refractivity (Wildman–Crippen MR) is 37.4 cm³/mol. The number of aromatic nitrogens is 2. The zero-order chi connectivity index (χ0) is 6.97. The molecule has 2 aromatic rings. The zero-order valence-electron chi connectivity index (χ0n) is 8.54. The number of pyridine rings is 1. The molecule has 0 saturated carbocycles. The number of hydrogen-bond donors (Lipinski definition) is 0. The van der Waals surface area contributed by atoms with Gasteiger partial charge in [-0.05, 0) is 7.05 Å². The minimum atomic E-state index is 0. The van der Waals surface area contributed by atoms with Crippen molar-refractivity contribution in [2.24, 2.45) is 7.05 Å². The third-order valence-electron chi connectivity index (χ3n) is 1.44. The first-order valence-corrected chi connectivity index (χ1v) is 3.05. The van der Waals surface area contributed by atoms with E-state index >= 15 is 0 Å². The van der Waals surface area contributed by atoms with Gasteiger partial charge >= 0.3 is 0 Å². The largest absolute Gasteiger partial charge is 0.595 e. The third kappa shape index (κ3) is 5.98. The van der Waals surface area contributed by atoms with Crippen molar-refractivity contribution in [3.05, 3.63) is 24.7 Å². The van der Waals surface area contributed by atoms with Crippen LogP contribution in [0.5, 0.6) is 0 Å². The van der Waals surface area contributed by atoms with Crippen LogP contribution in [0.3, 0.4) is 0 Å². The van der Waals surface area contributed by atoms with Gasteiger partial charge in [0.2, 0.25) is 0 Å². The molecule has 0 amide bonds. The van der Waals surface area contributed by atoms with Crippen LogP contribution < -0.4 is 0 Å². The van der Waals surface area contributed by atoms with E-state index in [1.54, 1.807) is 6.26 Å². The average Bonchev–Trinajstić information content (AvgIpc) is 2.33. The van der Waals surface area contributed by atoms with Gasteiger partial charge in [-0.25, -0.2) is 0 Å². The van der Waals surface area contributed by atoms with E-state index in [0.29, 0.717) is 0 Å². The molecule has 2 rings (SSSR count). The maximum Gasteiger partial charge on any atom is 0.00521 e. The van der Waals surface area contributed by atoms with Gasteiger partial charge in [0.05, 0.1) is 0 Å². The molecule has 0 spiro atoms. The van der Waals surface area contributed by atoms with Gasteiger partial charge in [-0.15, -0.1) is 0 Å². The van der Waals surface area contributed by atoms with E-state index < -0.39 is 0 Å². The second-order valence-electron chi connectivity index (χ2n) is 2.27. The first-order valence-electron chi connectivity index (χ1n) is 3.05. The maximum absolute atomic E-state index is 4.76. The third-order valence-corrected chi connectivity index (χ3v) is 1.44. The first kappa shape index (κ1) is 29.5. The van der Waals surface area contributed by atoms with Crippen molar-refractivity contribution in [2.45, 2.75) is 0 Å². The van der Waals surface area contributed by atoms with Crippen molar-refractivity contribution >= 4 is 10.9 Å². The Hall–Kier alpha value is -0.731. The fraction of sp³-hybridized carbons (Fsp3) is 0.143. The summed E-state index contributed by atoms with van der Waals surface area (Å²) in [6.45, 7) is 0. The van der Waals surface area contributed by atoms with Crippen molar-refractivity contribution in [3.8, 4) is 0 Å². The van der Waals surface area contributed by atoms with Crippen LogP contribution in [-0.4, -0.2) is 9.72 Å². The molecule has 0 aliphatic carbocycles. The van der Waals surface area contributed by atoms with Gasteiger partial charge in [0.1, 0.15) is 0 Å². The summed E-state index contributed by atoms with van der Waals surface area (Å²) < 4.78 is 6.71. The van der Waals surface area contributed by atoms with Crippen molar-refractivity contribution < 1.29 is 86.2 Å². The summed E-state index contributed by atoms with van der Waals surface area (Å²) in [7, 11) is 1.96. The van der Waals surface area contributed by atoms with Crippen molar-refractivity contribution in [1.29, 1.82) is 0 Å². The van der Waals surface area contributed by atoms with Crippen LogP contribution in [0, 0.1) is 0 Å². The zero-order valence-corrected chi connectivity index (χ0v) is 32.2. The summed E-state index contributed by atoms with van der Waals surface area (Å²) in [5.74, 6) is 0. The second-order valence-corrected chi connectivity index (χ2v) is 2.27. The van der Waals surface area contributed by atoms with Crippen molar-refractivity contribution in [1.82, 2.24) is 9.72 Å². The Morgan fingerprint density at radius 1 is 1.19 bits per heavy atom. The van der Waals surface area contributed by atoms with E-state index in [1.807, 2.05) is 30.1 Å². The Bertz CT molecular complexity index is 374. The SMILES string of the molecule is Cn1[cH-][cH-]c2nocc2[cH-]1.[Re].[Re].[Re].[Re].[Rf].[Rf]. The van der Waals surface area contributed by atoms with Crippen LogP contribution in [0.25, 0.3) is 10.9 Å². The van der Waals surface area contributed by atoms with E-state index in [0.717, 1.165) is 10.9 Å². The summed E-state index contributed by atoms with van der Waals surface area (Å²) >= 11 is 0. The number of hydrogen-bond acceptors (Lipinski definition) is 2. The predicted octanol–water partition coefficient (Wildman–Crippen LogP) is 1.44. The van der Waals surface area contributed by atoms with E-state index in [9.17, 15) is 0 Å². The molecule has 0 saturated heterocycles. The summed E-state index contributed by atoms with van der Waals surface area (Å²) in [4.78, 5) is 0. The minimum absolute atomic E-state index is 0. The van der Waals surface area contributed by atoms with Gasteiger partial charge in [-0.2, -0.15) is 0 Å². The Morgan fingerprint density at radius 2 is 1.75 bits per heavy atom. The molecule has 0 N–H and O–H groups in total. The minimum Gasteiger partial charge on any atom is -0.595 e. The number of nitrogens with zero attached hydrogens (tertiary/aromatic N) is 2. The van der Waals surface area contributed by atoms with Crippen LogP contribution in [0.2, 0.25) is 0 Å². The molecule has 4 radical (unpaired) electrons. The molecular formula is C7H7N2ORe4Rf2-3. The molecule has 0 atom stereocenters. The van der Waals surface area contributed by atoms with Gasteiger partial charge in [0.25, 0.3) is 0 Å². The van der Waals surface area contributed by atoms with E-state index in [1.165, 1.54) is 0 Å². The fourth-order valence-corrected chi connectivity index (χ4v) is 0.927. The van der Waals surface area contributed by atoms with Gasteiger partial charge in [-0.1, -0.05) is 0 Å². The van der Waals surface area contributed by atoms with Crippen molar-refractivity contribution in [2.75, 3.05) is 0 Å². The Balaban J connectivity index is -0.0000000672. The quantitative estimate of drug-likeness (QED) is 0.375. The number of fused-ring (bicyclic) bond motifs is 1. The molecule has 2 aromatic heterocycles. The number of rotatable bonds is 0. The summed E-state index contributed by atoms with van der Waals surface area (Å²) in [6.07, 6.45) is 5.53. The average molecular weight is 1410 g/mol. The summed E-state index contributed by atoms with van der Waals surface area (Å²) in [5, 5.41) is 4.80. The Morgan fingerprint density at radius 3 is 2.31 bits per heavy atom. The topological polar surface area (TPSA) is 31.0 Å². The molecule has 0 aromatic carbocycles. The molecule has 0 aliphatic heterocycles. The molecule has 86 valence electrons. The standard InChI is InChI=1S/C7H7N2O.4Re.2Rf/c1-9-3-2-7-6(4-9)5-10-8-7;;;;;;/h2-5H,1H3;;;;;;/q-3;;;;;;. The Kier molecular flexibility index (Phi) is 22.7. The fourth-order valence-electron chi connectivity index (χ4n) is 0.927. The molecule has 9 heteroatoms. The van der Waals surface area contributed by atoms with Crippen LogP contribution in [-0.2, 0) is 88.7 Å². The molecule has 0 aliphatic rings. The van der Waals surface area contributed by atoms with E-state index in [2.05, 4.69) is 5.16 Å². The van der Waals surface area contributed by atoms with Gasteiger partial charge in [-0.3, -0.25) is 16.9 Å². The molecular weight excluding hydrogens is 1410 g/mol. The van der Waals surface area contributed by atoms with Crippen LogP contribution in [0.4, 0.5) is 0 Å².